The monoisotopic (exact) mass is 284 g/mol. The summed E-state index contributed by atoms with van der Waals surface area (Å²) in [7, 11) is 0. The van der Waals surface area contributed by atoms with Crippen molar-refractivity contribution in [2.75, 3.05) is 23.7 Å². The fraction of sp³-hybridized carbons (Fsp3) is 0.333. The number of anilines is 2. The van der Waals surface area contributed by atoms with Gasteiger partial charge in [0, 0.05) is 29.9 Å². The van der Waals surface area contributed by atoms with Crippen molar-refractivity contribution in [3.63, 3.8) is 0 Å². The average Bonchev–Trinajstić information content (AvgIpc) is 3.27. The molecule has 1 saturated carbocycles. The molecule has 0 bridgehead atoms. The van der Waals surface area contributed by atoms with E-state index >= 15 is 0 Å². The van der Waals surface area contributed by atoms with Gasteiger partial charge in [-0.05, 0) is 61.7 Å². The molecule has 0 atom stereocenters. The van der Waals surface area contributed by atoms with E-state index in [1.165, 1.54) is 30.5 Å². The molecule has 0 aliphatic heterocycles. The van der Waals surface area contributed by atoms with Gasteiger partial charge >= 0.3 is 0 Å². The maximum Gasteiger partial charge on any atom is 0.123 e. The highest BCUT2D eigenvalue weighted by atomic mass is 19.1. The summed E-state index contributed by atoms with van der Waals surface area (Å²) in [6.45, 7) is 4.03. The zero-order chi connectivity index (χ0) is 14.9. The van der Waals surface area contributed by atoms with Crippen LogP contribution in [-0.4, -0.2) is 13.1 Å². The number of nitrogens with two attached hydrogens (primary N) is 1. The first-order valence-electron chi connectivity index (χ1n) is 7.49. The number of hydrogen-bond donors (Lipinski definition) is 1. The minimum Gasteiger partial charge on any atom is -0.399 e. The smallest absolute Gasteiger partial charge is 0.123 e. The third-order valence-electron chi connectivity index (χ3n) is 4.44. The molecule has 1 aliphatic rings. The number of nitrogens with zero attached hydrogens (tertiary/aromatic N) is 1. The average molecular weight is 284 g/mol. The lowest BCUT2D eigenvalue weighted by Crippen LogP contribution is -2.32. The summed E-state index contributed by atoms with van der Waals surface area (Å²) >= 11 is 0. The Morgan fingerprint density at radius 2 is 1.67 bits per heavy atom. The van der Waals surface area contributed by atoms with Crippen molar-refractivity contribution in [1.82, 2.24) is 0 Å². The van der Waals surface area contributed by atoms with E-state index in [1.54, 1.807) is 0 Å². The standard InChI is InChI=1S/C18H21FN2/c1-2-21(17-9-5-15(19)6-10-17)13-18(11-12-18)14-3-7-16(20)8-4-14/h3-10H,2,11-13,20H2,1H3. The zero-order valence-corrected chi connectivity index (χ0v) is 12.3. The van der Waals surface area contributed by atoms with E-state index in [0.29, 0.717) is 0 Å². The van der Waals surface area contributed by atoms with Crippen LogP contribution in [0.15, 0.2) is 48.5 Å². The zero-order valence-electron chi connectivity index (χ0n) is 12.3. The van der Waals surface area contributed by atoms with Gasteiger partial charge < -0.3 is 10.6 Å². The molecule has 0 heterocycles. The van der Waals surface area contributed by atoms with Gasteiger partial charge in [-0.3, -0.25) is 0 Å². The van der Waals surface area contributed by atoms with Gasteiger partial charge in [-0.2, -0.15) is 0 Å². The maximum atomic E-state index is 13.1. The van der Waals surface area contributed by atoms with Gasteiger partial charge in [0.15, 0.2) is 0 Å². The Morgan fingerprint density at radius 1 is 1.05 bits per heavy atom. The van der Waals surface area contributed by atoms with Crippen molar-refractivity contribution in [3.8, 4) is 0 Å². The van der Waals surface area contributed by atoms with Gasteiger partial charge in [-0.15, -0.1) is 0 Å². The topological polar surface area (TPSA) is 29.3 Å². The van der Waals surface area contributed by atoms with E-state index in [2.05, 4.69) is 24.0 Å². The van der Waals surface area contributed by atoms with Crippen LogP contribution in [-0.2, 0) is 5.41 Å². The van der Waals surface area contributed by atoms with Crippen molar-refractivity contribution < 1.29 is 4.39 Å². The Hall–Kier alpha value is -2.03. The van der Waals surface area contributed by atoms with Crippen LogP contribution >= 0.6 is 0 Å². The van der Waals surface area contributed by atoms with Crippen LogP contribution in [0.5, 0.6) is 0 Å². The molecule has 0 aromatic heterocycles. The first kappa shape index (κ1) is 13.9. The molecule has 1 aliphatic carbocycles. The number of likely N-dealkylation sites (N-methyl/N-ethyl adjacent to an activating group) is 1. The van der Waals surface area contributed by atoms with E-state index in [0.717, 1.165) is 24.5 Å². The third-order valence-corrected chi connectivity index (χ3v) is 4.44. The number of benzene rings is 2. The van der Waals surface area contributed by atoms with Gasteiger partial charge in [0.1, 0.15) is 5.82 Å². The van der Waals surface area contributed by atoms with Crippen molar-refractivity contribution in [2.45, 2.75) is 25.2 Å². The molecule has 2 aromatic carbocycles. The Kier molecular flexibility index (Phi) is 3.58. The molecule has 2 nitrogen and oxygen atoms in total. The van der Waals surface area contributed by atoms with Crippen molar-refractivity contribution in [3.05, 3.63) is 59.9 Å². The third kappa shape index (κ3) is 2.87. The van der Waals surface area contributed by atoms with Gasteiger partial charge in [0.2, 0.25) is 0 Å². The lowest BCUT2D eigenvalue weighted by atomic mass is 9.95. The molecule has 2 aromatic rings. The fourth-order valence-corrected chi connectivity index (χ4v) is 2.93. The van der Waals surface area contributed by atoms with Crippen LogP contribution in [0, 0.1) is 5.82 Å². The normalized spacial score (nSPS) is 15.7. The lowest BCUT2D eigenvalue weighted by Gasteiger charge is -2.29. The van der Waals surface area contributed by atoms with Crippen LogP contribution in [0.25, 0.3) is 0 Å². The van der Waals surface area contributed by atoms with Gasteiger partial charge in [0.05, 0.1) is 0 Å². The summed E-state index contributed by atoms with van der Waals surface area (Å²) in [6.07, 6.45) is 2.41. The largest absolute Gasteiger partial charge is 0.399 e. The SMILES string of the molecule is CCN(CC1(c2ccc(N)cc2)CC1)c1ccc(F)cc1. The van der Waals surface area contributed by atoms with Crippen LogP contribution in [0.1, 0.15) is 25.3 Å². The molecule has 3 heteroatoms. The van der Waals surface area contributed by atoms with Crippen LogP contribution in [0.4, 0.5) is 15.8 Å². The predicted molar refractivity (Wildman–Crippen MR) is 86.1 cm³/mol. The molecule has 2 N–H and O–H groups in total. The number of halogens is 1. The highest BCUT2D eigenvalue weighted by Gasteiger charge is 2.45. The van der Waals surface area contributed by atoms with E-state index < -0.39 is 0 Å². The number of nitrogen functional groups attached to an aromatic ring is 1. The molecule has 21 heavy (non-hydrogen) atoms. The van der Waals surface area contributed by atoms with Crippen molar-refractivity contribution >= 4 is 11.4 Å². The summed E-state index contributed by atoms with van der Waals surface area (Å²) in [5.41, 5.74) is 9.26. The summed E-state index contributed by atoms with van der Waals surface area (Å²) in [6, 6.07) is 15.0. The maximum absolute atomic E-state index is 13.1. The van der Waals surface area contributed by atoms with E-state index in [9.17, 15) is 4.39 Å². The van der Waals surface area contributed by atoms with E-state index in [1.807, 2.05) is 24.3 Å². The summed E-state index contributed by atoms with van der Waals surface area (Å²) in [5.74, 6) is -0.186. The minimum atomic E-state index is -0.186. The molecular formula is C18H21FN2. The second-order valence-corrected chi connectivity index (χ2v) is 5.89. The van der Waals surface area contributed by atoms with Crippen LogP contribution in [0.2, 0.25) is 0 Å². The number of rotatable bonds is 5. The summed E-state index contributed by atoms with van der Waals surface area (Å²) in [5, 5.41) is 0. The summed E-state index contributed by atoms with van der Waals surface area (Å²) in [4.78, 5) is 2.32. The first-order valence-corrected chi connectivity index (χ1v) is 7.49. The van der Waals surface area contributed by atoms with Crippen molar-refractivity contribution in [1.29, 1.82) is 0 Å². The highest BCUT2D eigenvalue weighted by molar-refractivity contribution is 5.49. The highest BCUT2D eigenvalue weighted by Crippen LogP contribution is 2.49. The minimum absolute atomic E-state index is 0.186. The second-order valence-electron chi connectivity index (χ2n) is 5.89. The molecule has 1 fully saturated rings. The van der Waals surface area contributed by atoms with Gasteiger partial charge in [-0.1, -0.05) is 12.1 Å². The van der Waals surface area contributed by atoms with E-state index in [4.69, 9.17) is 5.73 Å². The Bertz CT molecular complexity index is 600. The van der Waals surface area contributed by atoms with Gasteiger partial charge in [0.25, 0.3) is 0 Å². The molecular weight excluding hydrogens is 263 g/mol. The molecule has 0 unspecified atom stereocenters. The predicted octanol–water partition coefficient (Wildman–Crippen LogP) is 3.97. The van der Waals surface area contributed by atoms with Crippen LogP contribution in [0.3, 0.4) is 0 Å². The number of hydrogen-bond acceptors (Lipinski definition) is 2. The molecule has 0 amide bonds. The molecule has 0 spiro atoms. The van der Waals surface area contributed by atoms with E-state index in [-0.39, 0.29) is 11.2 Å². The quantitative estimate of drug-likeness (QED) is 0.842. The van der Waals surface area contributed by atoms with Gasteiger partial charge in [-0.25, -0.2) is 4.39 Å². The molecule has 0 saturated heterocycles. The van der Waals surface area contributed by atoms with Crippen LogP contribution < -0.4 is 10.6 Å². The Labute approximate surface area is 125 Å². The molecule has 110 valence electrons. The molecule has 0 radical (unpaired) electrons. The lowest BCUT2D eigenvalue weighted by molar-refractivity contribution is 0.624. The van der Waals surface area contributed by atoms with Crippen molar-refractivity contribution in [2.24, 2.45) is 0 Å². The summed E-state index contributed by atoms with van der Waals surface area (Å²) < 4.78 is 13.1. The Balaban J connectivity index is 1.80. The Morgan fingerprint density at radius 3 is 2.19 bits per heavy atom. The second kappa shape index (κ2) is 5.40. The first-order chi connectivity index (χ1) is 10.1. The fourth-order valence-electron chi connectivity index (χ4n) is 2.93. The molecule has 3 rings (SSSR count).